The molecule has 1 atom stereocenters. The molecule has 0 bridgehead atoms. The first kappa shape index (κ1) is 14.9. The third-order valence-electron chi connectivity index (χ3n) is 3.78. The molecule has 0 amide bonds. The summed E-state index contributed by atoms with van der Waals surface area (Å²) in [7, 11) is 0. The first-order chi connectivity index (χ1) is 10.2. The van der Waals surface area contributed by atoms with E-state index >= 15 is 0 Å². The molecule has 2 nitrogen and oxygen atoms in total. The summed E-state index contributed by atoms with van der Waals surface area (Å²) in [5.74, 6) is 0. The smallest absolute Gasteiger partial charge is 0.0725 e. The Kier molecular flexibility index (Phi) is 4.51. The minimum absolute atomic E-state index is 0.0344. The van der Waals surface area contributed by atoms with Crippen LogP contribution < -0.4 is 5.32 Å². The average Bonchev–Trinajstić information content (AvgIpc) is 2.95. The van der Waals surface area contributed by atoms with Gasteiger partial charge in [-0.25, -0.2) is 0 Å². The molecule has 2 aromatic rings. The van der Waals surface area contributed by atoms with Gasteiger partial charge in [0.25, 0.3) is 0 Å². The second-order valence-corrected chi connectivity index (χ2v) is 5.94. The van der Waals surface area contributed by atoms with Crippen LogP contribution in [0, 0.1) is 0 Å². The summed E-state index contributed by atoms with van der Waals surface area (Å²) >= 11 is 12.6. The Morgan fingerprint density at radius 2 is 1.95 bits per heavy atom. The normalized spacial score (nSPS) is 15.0. The zero-order valence-electron chi connectivity index (χ0n) is 11.8. The first-order valence-electron chi connectivity index (χ1n) is 7.07. The summed E-state index contributed by atoms with van der Waals surface area (Å²) < 4.78 is 5.49. The fourth-order valence-electron chi connectivity index (χ4n) is 2.73. The predicted octanol–water partition coefficient (Wildman–Crippen LogP) is 4.72. The minimum atomic E-state index is 0.0344. The van der Waals surface area contributed by atoms with E-state index in [1.807, 2.05) is 18.2 Å². The molecule has 1 aliphatic rings. The summed E-state index contributed by atoms with van der Waals surface area (Å²) in [4.78, 5) is 0. The van der Waals surface area contributed by atoms with Gasteiger partial charge in [-0.2, -0.15) is 0 Å². The summed E-state index contributed by atoms with van der Waals surface area (Å²) in [6, 6.07) is 12.3. The van der Waals surface area contributed by atoms with Gasteiger partial charge in [0.2, 0.25) is 0 Å². The molecule has 1 heterocycles. The monoisotopic (exact) mass is 321 g/mol. The van der Waals surface area contributed by atoms with Crippen molar-refractivity contribution in [3.8, 4) is 0 Å². The number of halogens is 2. The Balaban J connectivity index is 2.03. The lowest BCUT2D eigenvalue weighted by atomic mass is 9.95. The van der Waals surface area contributed by atoms with Gasteiger partial charge in [0.05, 0.1) is 29.3 Å². The second-order valence-electron chi connectivity index (χ2n) is 5.15. The highest BCUT2D eigenvalue weighted by molar-refractivity contribution is 6.42. The van der Waals surface area contributed by atoms with Gasteiger partial charge in [-0.15, -0.1) is 0 Å². The molecular formula is C17H17Cl2NO. The standard InChI is InChI=1S/C17H17Cl2NO/c1-2-20-17(14-4-3-5-15(18)16(14)19)11-6-7-12-9-21-10-13(12)8-11/h3-8,17,20H,2,9-10H2,1H3. The van der Waals surface area contributed by atoms with Crippen molar-refractivity contribution < 1.29 is 4.74 Å². The molecule has 1 aliphatic heterocycles. The van der Waals surface area contributed by atoms with Crippen LogP contribution in [0.1, 0.15) is 35.2 Å². The third-order valence-corrected chi connectivity index (χ3v) is 4.61. The molecule has 0 saturated carbocycles. The van der Waals surface area contributed by atoms with E-state index in [0.29, 0.717) is 23.3 Å². The summed E-state index contributed by atoms with van der Waals surface area (Å²) in [5, 5.41) is 4.69. The summed E-state index contributed by atoms with van der Waals surface area (Å²) in [5.41, 5.74) is 4.72. The largest absolute Gasteiger partial charge is 0.372 e. The van der Waals surface area contributed by atoms with Crippen LogP contribution in [0.5, 0.6) is 0 Å². The third kappa shape index (κ3) is 2.95. The zero-order chi connectivity index (χ0) is 14.8. The average molecular weight is 322 g/mol. The fourth-order valence-corrected chi connectivity index (χ4v) is 3.14. The Hall–Kier alpha value is -1.06. The van der Waals surface area contributed by atoms with Crippen LogP contribution in [0.3, 0.4) is 0 Å². The maximum absolute atomic E-state index is 6.39. The molecule has 2 aromatic carbocycles. The van der Waals surface area contributed by atoms with Crippen LogP contribution in [0.15, 0.2) is 36.4 Å². The number of hydrogen-bond donors (Lipinski definition) is 1. The van der Waals surface area contributed by atoms with Crippen molar-refractivity contribution in [2.24, 2.45) is 0 Å². The molecule has 0 fully saturated rings. The van der Waals surface area contributed by atoms with Crippen molar-refractivity contribution in [1.82, 2.24) is 5.32 Å². The molecule has 0 saturated heterocycles. The number of rotatable bonds is 4. The van der Waals surface area contributed by atoms with Crippen LogP contribution in [0.2, 0.25) is 10.0 Å². The van der Waals surface area contributed by atoms with Crippen LogP contribution in [-0.4, -0.2) is 6.54 Å². The number of ether oxygens (including phenoxy) is 1. The van der Waals surface area contributed by atoms with E-state index in [1.54, 1.807) is 0 Å². The van der Waals surface area contributed by atoms with E-state index in [0.717, 1.165) is 12.1 Å². The molecule has 0 spiro atoms. The molecular weight excluding hydrogens is 305 g/mol. The molecule has 110 valence electrons. The van der Waals surface area contributed by atoms with E-state index in [1.165, 1.54) is 16.7 Å². The highest BCUT2D eigenvalue weighted by atomic mass is 35.5. The second kappa shape index (κ2) is 6.37. The number of hydrogen-bond acceptors (Lipinski definition) is 2. The Morgan fingerprint density at radius 3 is 2.76 bits per heavy atom. The Bertz CT molecular complexity index is 657. The van der Waals surface area contributed by atoms with Gasteiger partial charge in [0.1, 0.15) is 0 Å². The molecule has 0 aliphatic carbocycles. The van der Waals surface area contributed by atoms with E-state index in [9.17, 15) is 0 Å². The van der Waals surface area contributed by atoms with E-state index in [4.69, 9.17) is 27.9 Å². The zero-order valence-corrected chi connectivity index (χ0v) is 13.3. The lowest BCUT2D eigenvalue weighted by molar-refractivity contribution is 0.134. The molecule has 1 unspecified atom stereocenters. The van der Waals surface area contributed by atoms with Crippen molar-refractivity contribution in [3.05, 3.63) is 68.7 Å². The molecule has 4 heteroatoms. The SMILES string of the molecule is CCNC(c1ccc2c(c1)COC2)c1cccc(Cl)c1Cl. The van der Waals surface area contributed by atoms with Gasteiger partial charge >= 0.3 is 0 Å². The van der Waals surface area contributed by atoms with Gasteiger partial charge < -0.3 is 10.1 Å². The number of benzene rings is 2. The Morgan fingerprint density at radius 1 is 1.14 bits per heavy atom. The number of nitrogens with one attached hydrogen (secondary N) is 1. The van der Waals surface area contributed by atoms with Gasteiger partial charge in [0.15, 0.2) is 0 Å². The molecule has 0 radical (unpaired) electrons. The van der Waals surface area contributed by atoms with Crippen LogP contribution in [0.4, 0.5) is 0 Å². The van der Waals surface area contributed by atoms with E-state index < -0.39 is 0 Å². The quantitative estimate of drug-likeness (QED) is 0.879. The van der Waals surface area contributed by atoms with Crippen molar-refractivity contribution in [3.63, 3.8) is 0 Å². The van der Waals surface area contributed by atoms with E-state index in [-0.39, 0.29) is 6.04 Å². The predicted molar refractivity (Wildman–Crippen MR) is 86.9 cm³/mol. The van der Waals surface area contributed by atoms with Crippen LogP contribution in [-0.2, 0) is 18.0 Å². The van der Waals surface area contributed by atoms with Gasteiger partial charge in [-0.1, -0.05) is 60.5 Å². The van der Waals surface area contributed by atoms with E-state index in [2.05, 4.69) is 30.4 Å². The first-order valence-corrected chi connectivity index (χ1v) is 7.83. The van der Waals surface area contributed by atoms with Gasteiger partial charge in [-0.05, 0) is 34.9 Å². The molecule has 0 aromatic heterocycles. The van der Waals surface area contributed by atoms with Crippen LogP contribution in [0.25, 0.3) is 0 Å². The molecule has 21 heavy (non-hydrogen) atoms. The minimum Gasteiger partial charge on any atom is -0.372 e. The Labute approximate surface area is 135 Å². The van der Waals surface area contributed by atoms with Gasteiger partial charge in [0, 0.05) is 0 Å². The van der Waals surface area contributed by atoms with Crippen molar-refractivity contribution in [2.45, 2.75) is 26.2 Å². The van der Waals surface area contributed by atoms with Crippen molar-refractivity contribution in [2.75, 3.05) is 6.54 Å². The number of fused-ring (bicyclic) bond motifs is 1. The van der Waals surface area contributed by atoms with Crippen molar-refractivity contribution in [1.29, 1.82) is 0 Å². The topological polar surface area (TPSA) is 21.3 Å². The maximum Gasteiger partial charge on any atom is 0.0725 e. The highest BCUT2D eigenvalue weighted by Crippen LogP contribution is 2.34. The maximum atomic E-state index is 6.39. The lowest BCUT2D eigenvalue weighted by Gasteiger charge is -2.21. The highest BCUT2D eigenvalue weighted by Gasteiger charge is 2.20. The fraction of sp³-hybridized carbons (Fsp3) is 0.294. The molecule has 3 rings (SSSR count). The summed E-state index contributed by atoms with van der Waals surface area (Å²) in [6.07, 6.45) is 0. The van der Waals surface area contributed by atoms with Crippen LogP contribution >= 0.6 is 23.2 Å². The van der Waals surface area contributed by atoms with Crippen molar-refractivity contribution >= 4 is 23.2 Å². The van der Waals surface area contributed by atoms with Gasteiger partial charge in [-0.3, -0.25) is 0 Å². The molecule has 1 N–H and O–H groups in total. The lowest BCUT2D eigenvalue weighted by Crippen LogP contribution is -2.22. The summed E-state index contributed by atoms with van der Waals surface area (Å²) in [6.45, 7) is 4.33.